The number of rotatable bonds is 8. The van der Waals surface area contributed by atoms with Gasteiger partial charge in [0.05, 0.1) is 14.2 Å². The first-order valence-corrected chi connectivity index (χ1v) is 8.63. The highest BCUT2D eigenvalue weighted by atomic mass is 16.5. The van der Waals surface area contributed by atoms with Crippen LogP contribution in [0.1, 0.15) is 58.0 Å². The van der Waals surface area contributed by atoms with Gasteiger partial charge in [0.15, 0.2) is 11.4 Å². The molecule has 0 saturated heterocycles. The van der Waals surface area contributed by atoms with Gasteiger partial charge in [0.2, 0.25) is 0 Å². The number of carbonyl (C=O) groups is 2. The van der Waals surface area contributed by atoms with E-state index in [9.17, 15) is 9.59 Å². The van der Waals surface area contributed by atoms with Crippen molar-refractivity contribution >= 4 is 11.9 Å². The van der Waals surface area contributed by atoms with Crippen LogP contribution in [0.2, 0.25) is 0 Å². The predicted molar refractivity (Wildman–Crippen MR) is 101 cm³/mol. The van der Waals surface area contributed by atoms with E-state index in [0.29, 0.717) is 26.1 Å². The van der Waals surface area contributed by atoms with Gasteiger partial charge in [-0.2, -0.15) is 0 Å². The monoisotopic (exact) mass is 388 g/mol. The van der Waals surface area contributed by atoms with Gasteiger partial charge >= 0.3 is 11.9 Å². The van der Waals surface area contributed by atoms with Crippen LogP contribution in [-0.4, -0.2) is 63.6 Å². The summed E-state index contributed by atoms with van der Waals surface area (Å²) in [6.45, 7) is 1.17. The second-order valence-electron chi connectivity index (χ2n) is 5.40. The van der Waals surface area contributed by atoms with Crippen molar-refractivity contribution in [1.29, 1.82) is 0 Å². The molecular weight excluding hydrogens is 364 g/mol. The Morgan fingerprint density at radius 2 is 1.14 bits per heavy atom. The van der Waals surface area contributed by atoms with Crippen molar-refractivity contribution in [1.82, 2.24) is 9.97 Å². The highest BCUT2D eigenvalue weighted by Gasteiger charge is 2.24. The first kappa shape index (κ1) is 23.1. The van der Waals surface area contributed by atoms with Crippen molar-refractivity contribution in [2.45, 2.75) is 25.7 Å². The number of hydrogen-bond donors (Lipinski definition) is 0. The van der Waals surface area contributed by atoms with Crippen LogP contribution in [0.5, 0.6) is 0 Å². The van der Waals surface area contributed by atoms with Crippen LogP contribution < -0.4 is 0 Å². The molecule has 1 aromatic rings. The molecule has 0 aliphatic heterocycles. The standard InChI is InChI=1S/C20H24N2O6/c1-25-13-9-5-7-11-15-16(12-8-6-10-14-26-2)22-18(20(24)28-4)17(21-15)19(23)27-3/h5-6,9-10,13-14H2,1-4H3. The van der Waals surface area contributed by atoms with E-state index >= 15 is 0 Å². The third-order valence-corrected chi connectivity index (χ3v) is 3.37. The first-order chi connectivity index (χ1) is 13.6. The maximum absolute atomic E-state index is 12.0. The third kappa shape index (κ3) is 7.36. The topological polar surface area (TPSA) is 96.8 Å². The number of methoxy groups -OCH3 is 4. The Labute approximate surface area is 164 Å². The zero-order valence-electron chi connectivity index (χ0n) is 16.6. The molecule has 0 fully saturated rings. The number of carbonyl (C=O) groups excluding carboxylic acids is 2. The molecule has 150 valence electrons. The number of aromatic nitrogens is 2. The van der Waals surface area contributed by atoms with Crippen molar-refractivity contribution in [2.75, 3.05) is 41.7 Å². The minimum Gasteiger partial charge on any atom is -0.464 e. The number of ether oxygens (including phenoxy) is 4. The summed E-state index contributed by atoms with van der Waals surface area (Å²) in [6, 6.07) is 0. The van der Waals surface area contributed by atoms with E-state index in [1.165, 1.54) is 14.2 Å². The predicted octanol–water partition coefficient (Wildman–Crippen LogP) is 1.61. The van der Waals surface area contributed by atoms with E-state index in [1.54, 1.807) is 14.2 Å². The number of nitrogens with zero attached hydrogens (tertiary/aromatic N) is 2. The Hall–Kier alpha value is -2.94. The van der Waals surface area contributed by atoms with E-state index in [1.807, 2.05) is 0 Å². The Kier molecular flexibility index (Phi) is 10.9. The molecule has 0 radical (unpaired) electrons. The molecule has 0 aliphatic carbocycles. The van der Waals surface area contributed by atoms with Crippen molar-refractivity contribution in [3.8, 4) is 23.7 Å². The Morgan fingerprint density at radius 1 is 0.750 bits per heavy atom. The van der Waals surface area contributed by atoms with Crippen LogP contribution in [0.25, 0.3) is 0 Å². The molecule has 0 spiro atoms. The third-order valence-electron chi connectivity index (χ3n) is 3.37. The lowest BCUT2D eigenvalue weighted by molar-refractivity contribution is 0.0544. The fourth-order valence-corrected chi connectivity index (χ4v) is 1.99. The average molecular weight is 388 g/mol. The number of unbranched alkanes of at least 4 members (excludes halogenated alkanes) is 2. The first-order valence-electron chi connectivity index (χ1n) is 8.63. The fourth-order valence-electron chi connectivity index (χ4n) is 1.99. The molecule has 0 unspecified atom stereocenters. The molecule has 1 heterocycles. The molecule has 8 nitrogen and oxygen atoms in total. The zero-order chi connectivity index (χ0) is 20.8. The summed E-state index contributed by atoms with van der Waals surface area (Å²) in [5.41, 5.74) is -0.129. The van der Waals surface area contributed by atoms with Gasteiger partial charge in [0, 0.05) is 40.3 Å². The van der Waals surface area contributed by atoms with Crippen molar-refractivity contribution < 1.29 is 28.5 Å². The fraction of sp³-hybridized carbons (Fsp3) is 0.500. The normalized spacial score (nSPS) is 9.57. The van der Waals surface area contributed by atoms with E-state index in [0.717, 1.165) is 12.8 Å². The van der Waals surface area contributed by atoms with Crippen LogP contribution in [0.15, 0.2) is 0 Å². The second-order valence-corrected chi connectivity index (χ2v) is 5.40. The highest BCUT2D eigenvalue weighted by molar-refractivity contribution is 6.00. The molecule has 0 N–H and O–H groups in total. The summed E-state index contributed by atoms with van der Waals surface area (Å²) < 4.78 is 19.3. The van der Waals surface area contributed by atoms with Gasteiger partial charge < -0.3 is 18.9 Å². The Morgan fingerprint density at radius 3 is 1.46 bits per heavy atom. The van der Waals surface area contributed by atoms with Crippen LogP contribution in [0.3, 0.4) is 0 Å². The molecule has 1 rings (SSSR count). The molecule has 0 aliphatic rings. The molecular formula is C20H24N2O6. The SMILES string of the molecule is COCCCC#Cc1nc(C(=O)OC)c(C(=O)OC)nc1C#CCCCOC. The van der Waals surface area contributed by atoms with Crippen LogP contribution in [0.4, 0.5) is 0 Å². The summed E-state index contributed by atoms with van der Waals surface area (Å²) in [5, 5.41) is 0. The maximum Gasteiger partial charge on any atom is 0.359 e. The van der Waals surface area contributed by atoms with Crippen molar-refractivity contribution in [3.63, 3.8) is 0 Å². The van der Waals surface area contributed by atoms with Crippen LogP contribution in [0, 0.1) is 23.7 Å². The molecule has 0 amide bonds. The van der Waals surface area contributed by atoms with E-state index in [2.05, 4.69) is 43.1 Å². The summed E-state index contributed by atoms with van der Waals surface area (Å²) in [7, 11) is 5.60. The molecule has 28 heavy (non-hydrogen) atoms. The lowest BCUT2D eigenvalue weighted by Crippen LogP contribution is -2.18. The van der Waals surface area contributed by atoms with E-state index < -0.39 is 11.9 Å². The van der Waals surface area contributed by atoms with Crippen molar-refractivity contribution in [2.24, 2.45) is 0 Å². The van der Waals surface area contributed by atoms with Gasteiger partial charge in [-0.3, -0.25) is 0 Å². The highest BCUT2D eigenvalue weighted by Crippen LogP contribution is 2.11. The van der Waals surface area contributed by atoms with Gasteiger partial charge in [-0.05, 0) is 24.7 Å². The smallest absolute Gasteiger partial charge is 0.359 e. The molecule has 0 bridgehead atoms. The minimum absolute atomic E-state index is 0.199. The molecule has 1 aromatic heterocycles. The number of esters is 2. The van der Waals surface area contributed by atoms with Gasteiger partial charge in [-0.1, -0.05) is 11.8 Å². The molecule has 0 atom stereocenters. The van der Waals surface area contributed by atoms with E-state index in [4.69, 9.17) is 9.47 Å². The van der Waals surface area contributed by atoms with Gasteiger partial charge in [-0.15, -0.1) is 0 Å². The maximum atomic E-state index is 12.0. The lowest BCUT2D eigenvalue weighted by Gasteiger charge is -2.07. The quantitative estimate of drug-likeness (QED) is 0.376. The van der Waals surface area contributed by atoms with Gasteiger partial charge in [0.25, 0.3) is 0 Å². The number of hydrogen-bond acceptors (Lipinski definition) is 8. The largest absolute Gasteiger partial charge is 0.464 e. The minimum atomic E-state index is -0.810. The molecule has 0 aromatic carbocycles. The summed E-state index contributed by atoms with van der Waals surface area (Å²) in [5.74, 6) is 9.99. The average Bonchev–Trinajstić information content (AvgIpc) is 2.72. The zero-order valence-corrected chi connectivity index (χ0v) is 16.6. The summed E-state index contributed by atoms with van der Waals surface area (Å²) >= 11 is 0. The summed E-state index contributed by atoms with van der Waals surface area (Å²) in [4.78, 5) is 32.4. The van der Waals surface area contributed by atoms with E-state index in [-0.39, 0.29) is 22.8 Å². The van der Waals surface area contributed by atoms with Gasteiger partial charge in [-0.25, -0.2) is 19.6 Å². The Balaban J connectivity index is 3.33. The second kappa shape index (κ2) is 13.3. The van der Waals surface area contributed by atoms with Gasteiger partial charge in [0.1, 0.15) is 11.4 Å². The van der Waals surface area contributed by atoms with Crippen LogP contribution in [-0.2, 0) is 18.9 Å². The lowest BCUT2D eigenvalue weighted by atomic mass is 10.2. The van der Waals surface area contributed by atoms with Crippen LogP contribution >= 0.6 is 0 Å². The summed E-state index contributed by atoms with van der Waals surface area (Å²) in [6.07, 6.45) is 2.64. The van der Waals surface area contributed by atoms with Crippen molar-refractivity contribution in [3.05, 3.63) is 22.8 Å². The Bertz CT molecular complexity index is 732. The molecule has 8 heteroatoms. The molecule has 0 saturated carbocycles.